The van der Waals surface area contributed by atoms with Crippen molar-refractivity contribution >= 4 is 0 Å². The SMILES string of the molecule is CNCc1c(F)cc(C)cc1OC. The Balaban J connectivity index is 3.13. The fourth-order valence-electron chi connectivity index (χ4n) is 1.27. The van der Waals surface area contributed by atoms with Gasteiger partial charge in [-0.25, -0.2) is 4.39 Å². The van der Waals surface area contributed by atoms with Crippen LogP contribution in [0.1, 0.15) is 11.1 Å². The summed E-state index contributed by atoms with van der Waals surface area (Å²) in [5.41, 5.74) is 1.45. The maximum absolute atomic E-state index is 13.4. The monoisotopic (exact) mass is 183 g/mol. The largest absolute Gasteiger partial charge is 0.496 e. The highest BCUT2D eigenvalue weighted by Gasteiger charge is 2.08. The van der Waals surface area contributed by atoms with Gasteiger partial charge in [-0.05, 0) is 31.7 Å². The van der Waals surface area contributed by atoms with E-state index in [0.717, 1.165) is 5.56 Å². The van der Waals surface area contributed by atoms with Crippen LogP contribution in [0, 0.1) is 12.7 Å². The summed E-state index contributed by atoms with van der Waals surface area (Å²) in [4.78, 5) is 0. The number of benzene rings is 1. The van der Waals surface area contributed by atoms with Crippen LogP contribution < -0.4 is 10.1 Å². The Labute approximate surface area is 77.7 Å². The number of rotatable bonds is 3. The molecule has 0 aromatic heterocycles. The van der Waals surface area contributed by atoms with Crippen molar-refractivity contribution in [1.29, 1.82) is 0 Å². The Morgan fingerprint density at radius 1 is 1.46 bits per heavy atom. The smallest absolute Gasteiger partial charge is 0.131 e. The molecule has 0 aliphatic carbocycles. The Hall–Kier alpha value is -1.09. The molecule has 0 heterocycles. The predicted octanol–water partition coefficient (Wildman–Crippen LogP) is 1.86. The fourth-order valence-corrected chi connectivity index (χ4v) is 1.27. The van der Waals surface area contributed by atoms with Gasteiger partial charge in [-0.3, -0.25) is 0 Å². The Bertz CT molecular complexity index is 299. The topological polar surface area (TPSA) is 21.3 Å². The molecular formula is C10H14FNO. The van der Waals surface area contributed by atoms with Gasteiger partial charge in [0.15, 0.2) is 0 Å². The molecule has 1 aromatic carbocycles. The van der Waals surface area contributed by atoms with Crippen LogP contribution in [0.3, 0.4) is 0 Å². The Morgan fingerprint density at radius 2 is 2.15 bits per heavy atom. The number of ether oxygens (including phenoxy) is 1. The molecule has 0 radical (unpaired) electrons. The summed E-state index contributed by atoms with van der Waals surface area (Å²) in [5, 5.41) is 2.90. The molecule has 1 aromatic rings. The van der Waals surface area contributed by atoms with Crippen molar-refractivity contribution in [2.45, 2.75) is 13.5 Å². The van der Waals surface area contributed by atoms with E-state index in [2.05, 4.69) is 5.32 Å². The summed E-state index contributed by atoms with van der Waals surface area (Å²) in [5.74, 6) is 0.387. The molecule has 0 unspecified atom stereocenters. The van der Waals surface area contributed by atoms with Gasteiger partial charge in [-0.2, -0.15) is 0 Å². The van der Waals surface area contributed by atoms with Crippen LogP contribution in [0.4, 0.5) is 4.39 Å². The van der Waals surface area contributed by atoms with Crippen LogP contribution in [-0.2, 0) is 6.54 Å². The van der Waals surface area contributed by atoms with Gasteiger partial charge in [0, 0.05) is 12.1 Å². The first kappa shape index (κ1) is 9.99. The van der Waals surface area contributed by atoms with Crippen molar-refractivity contribution in [1.82, 2.24) is 5.32 Å². The highest BCUT2D eigenvalue weighted by Crippen LogP contribution is 2.23. The number of hydrogen-bond acceptors (Lipinski definition) is 2. The van der Waals surface area contributed by atoms with Crippen LogP contribution in [0.2, 0.25) is 0 Å². The number of methoxy groups -OCH3 is 1. The second-order valence-corrected chi connectivity index (χ2v) is 2.96. The van der Waals surface area contributed by atoms with Crippen molar-refractivity contribution in [3.05, 3.63) is 29.1 Å². The first-order chi connectivity index (χ1) is 6.19. The first-order valence-corrected chi connectivity index (χ1v) is 4.16. The highest BCUT2D eigenvalue weighted by atomic mass is 19.1. The van der Waals surface area contributed by atoms with E-state index in [1.54, 1.807) is 14.2 Å². The van der Waals surface area contributed by atoms with Gasteiger partial charge in [0.1, 0.15) is 11.6 Å². The molecule has 13 heavy (non-hydrogen) atoms. The van der Waals surface area contributed by atoms with E-state index in [0.29, 0.717) is 17.9 Å². The lowest BCUT2D eigenvalue weighted by Crippen LogP contribution is -2.09. The standard InChI is InChI=1S/C10H14FNO/c1-7-4-9(11)8(6-12-2)10(5-7)13-3/h4-5,12H,6H2,1-3H3. The van der Waals surface area contributed by atoms with Crippen LogP contribution in [0.5, 0.6) is 5.75 Å². The second-order valence-electron chi connectivity index (χ2n) is 2.96. The summed E-state index contributed by atoms with van der Waals surface area (Å²) in [7, 11) is 3.33. The van der Waals surface area contributed by atoms with E-state index < -0.39 is 0 Å². The minimum absolute atomic E-state index is 0.216. The van der Waals surface area contributed by atoms with Gasteiger partial charge in [0.2, 0.25) is 0 Å². The number of hydrogen-bond donors (Lipinski definition) is 1. The molecule has 0 saturated heterocycles. The third kappa shape index (κ3) is 2.18. The molecule has 0 atom stereocenters. The molecule has 1 N–H and O–H groups in total. The number of nitrogens with one attached hydrogen (secondary N) is 1. The van der Waals surface area contributed by atoms with E-state index in [9.17, 15) is 4.39 Å². The van der Waals surface area contributed by atoms with Gasteiger partial charge in [0.05, 0.1) is 7.11 Å². The fraction of sp³-hybridized carbons (Fsp3) is 0.400. The third-order valence-corrected chi connectivity index (χ3v) is 1.87. The molecule has 0 saturated carbocycles. The molecule has 2 nitrogen and oxygen atoms in total. The maximum Gasteiger partial charge on any atom is 0.131 e. The minimum Gasteiger partial charge on any atom is -0.496 e. The summed E-state index contributed by atoms with van der Waals surface area (Å²) in [6.45, 7) is 2.32. The van der Waals surface area contributed by atoms with Crippen LogP contribution in [0.25, 0.3) is 0 Å². The van der Waals surface area contributed by atoms with E-state index in [1.807, 2.05) is 13.0 Å². The zero-order chi connectivity index (χ0) is 9.84. The predicted molar refractivity (Wildman–Crippen MR) is 50.5 cm³/mol. The molecule has 72 valence electrons. The maximum atomic E-state index is 13.4. The van der Waals surface area contributed by atoms with Gasteiger partial charge in [-0.15, -0.1) is 0 Å². The van der Waals surface area contributed by atoms with Crippen molar-refractivity contribution in [3.63, 3.8) is 0 Å². The normalized spacial score (nSPS) is 10.2. The van der Waals surface area contributed by atoms with Gasteiger partial charge >= 0.3 is 0 Å². The van der Waals surface area contributed by atoms with Crippen molar-refractivity contribution < 1.29 is 9.13 Å². The first-order valence-electron chi connectivity index (χ1n) is 4.16. The Kier molecular flexibility index (Phi) is 3.25. The molecule has 0 amide bonds. The quantitative estimate of drug-likeness (QED) is 0.772. The molecule has 0 bridgehead atoms. The van der Waals surface area contributed by atoms with Crippen molar-refractivity contribution in [3.8, 4) is 5.75 Å². The van der Waals surface area contributed by atoms with Gasteiger partial charge in [0.25, 0.3) is 0 Å². The average molecular weight is 183 g/mol. The van der Waals surface area contributed by atoms with E-state index in [4.69, 9.17) is 4.74 Å². The highest BCUT2D eigenvalue weighted by molar-refractivity contribution is 5.38. The molecule has 0 fully saturated rings. The number of halogens is 1. The van der Waals surface area contributed by atoms with Gasteiger partial charge < -0.3 is 10.1 Å². The van der Waals surface area contributed by atoms with Gasteiger partial charge in [-0.1, -0.05) is 0 Å². The molecule has 0 aliphatic heterocycles. The number of aryl methyl sites for hydroxylation is 1. The zero-order valence-electron chi connectivity index (χ0n) is 8.15. The van der Waals surface area contributed by atoms with Crippen LogP contribution in [0.15, 0.2) is 12.1 Å². The van der Waals surface area contributed by atoms with Crippen LogP contribution in [-0.4, -0.2) is 14.2 Å². The van der Waals surface area contributed by atoms with Crippen molar-refractivity contribution in [2.75, 3.05) is 14.2 Å². The lowest BCUT2D eigenvalue weighted by atomic mass is 10.1. The molecular weight excluding hydrogens is 169 g/mol. The summed E-state index contributed by atoms with van der Waals surface area (Å²) in [6, 6.07) is 3.34. The summed E-state index contributed by atoms with van der Waals surface area (Å²) >= 11 is 0. The molecule has 1 rings (SSSR count). The summed E-state index contributed by atoms with van der Waals surface area (Å²) < 4.78 is 18.4. The average Bonchev–Trinajstić information content (AvgIpc) is 2.09. The molecule has 0 spiro atoms. The van der Waals surface area contributed by atoms with E-state index >= 15 is 0 Å². The van der Waals surface area contributed by atoms with E-state index in [1.165, 1.54) is 6.07 Å². The molecule has 3 heteroatoms. The lowest BCUT2D eigenvalue weighted by Gasteiger charge is -2.09. The minimum atomic E-state index is -0.216. The zero-order valence-corrected chi connectivity index (χ0v) is 8.15. The van der Waals surface area contributed by atoms with Crippen LogP contribution >= 0.6 is 0 Å². The lowest BCUT2D eigenvalue weighted by molar-refractivity contribution is 0.402. The van der Waals surface area contributed by atoms with E-state index in [-0.39, 0.29) is 5.82 Å². The molecule has 0 aliphatic rings. The summed E-state index contributed by atoms with van der Waals surface area (Å²) in [6.07, 6.45) is 0. The third-order valence-electron chi connectivity index (χ3n) is 1.87. The van der Waals surface area contributed by atoms with Crippen molar-refractivity contribution in [2.24, 2.45) is 0 Å². The second kappa shape index (κ2) is 4.23. The Morgan fingerprint density at radius 3 is 2.69 bits per heavy atom.